The van der Waals surface area contributed by atoms with Crippen molar-refractivity contribution in [3.63, 3.8) is 0 Å². The quantitative estimate of drug-likeness (QED) is 0.819. The molecule has 0 aromatic heterocycles. The highest BCUT2D eigenvalue weighted by molar-refractivity contribution is 5.19. The van der Waals surface area contributed by atoms with Crippen molar-refractivity contribution < 1.29 is 4.39 Å². The molecule has 1 fully saturated rings. The van der Waals surface area contributed by atoms with Crippen molar-refractivity contribution in [2.24, 2.45) is 0 Å². The van der Waals surface area contributed by atoms with Gasteiger partial charge in [0.25, 0.3) is 0 Å². The summed E-state index contributed by atoms with van der Waals surface area (Å²) in [6.45, 7) is 4.29. The summed E-state index contributed by atoms with van der Waals surface area (Å²) in [4.78, 5) is 0. The smallest absolute Gasteiger partial charge is 0.123 e. The zero-order valence-corrected chi connectivity index (χ0v) is 9.67. The van der Waals surface area contributed by atoms with Gasteiger partial charge in [-0.05, 0) is 44.0 Å². The van der Waals surface area contributed by atoms with E-state index in [2.05, 4.69) is 17.6 Å². The molecule has 0 saturated carbocycles. The van der Waals surface area contributed by atoms with Gasteiger partial charge in [-0.3, -0.25) is 0 Å². The fourth-order valence-electron chi connectivity index (χ4n) is 2.20. The van der Waals surface area contributed by atoms with Crippen LogP contribution in [0.5, 0.6) is 0 Å². The fraction of sp³-hybridized carbons (Fsp3) is 0.538. The molecule has 2 atom stereocenters. The Morgan fingerprint density at radius 1 is 1.38 bits per heavy atom. The van der Waals surface area contributed by atoms with Crippen molar-refractivity contribution in [2.45, 2.75) is 31.8 Å². The summed E-state index contributed by atoms with van der Waals surface area (Å²) in [5, 5.41) is 6.95. The molecule has 1 saturated heterocycles. The molecular formula is C13H19FN2. The Kier molecular flexibility index (Phi) is 3.91. The second kappa shape index (κ2) is 5.41. The summed E-state index contributed by atoms with van der Waals surface area (Å²) in [5.74, 6) is -0.171. The van der Waals surface area contributed by atoms with Gasteiger partial charge >= 0.3 is 0 Å². The lowest BCUT2D eigenvalue weighted by Gasteiger charge is -2.27. The molecule has 3 heteroatoms. The number of halogens is 1. The minimum atomic E-state index is -0.171. The van der Waals surface area contributed by atoms with Crippen LogP contribution in [0.4, 0.5) is 4.39 Å². The maximum Gasteiger partial charge on any atom is 0.123 e. The number of nitrogens with one attached hydrogen (secondary N) is 2. The first-order valence-electron chi connectivity index (χ1n) is 5.98. The Morgan fingerprint density at radius 3 is 2.75 bits per heavy atom. The van der Waals surface area contributed by atoms with Crippen LogP contribution in [0.2, 0.25) is 0 Å². The van der Waals surface area contributed by atoms with E-state index in [0.29, 0.717) is 6.04 Å². The second-order valence-electron chi connectivity index (χ2n) is 4.48. The fourth-order valence-corrected chi connectivity index (χ4v) is 2.20. The van der Waals surface area contributed by atoms with Gasteiger partial charge in [0.15, 0.2) is 0 Å². The molecule has 2 rings (SSSR count). The van der Waals surface area contributed by atoms with Gasteiger partial charge in [0, 0.05) is 18.6 Å². The average Bonchev–Trinajstić information content (AvgIpc) is 2.31. The van der Waals surface area contributed by atoms with Crippen LogP contribution in [0, 0.1) is 5.82 Å². The lowest BCUT2D eigenvalue weighted by molar-refractivity contribution is 0.362. The molecule has 0 radical (unpaired) electrons. The minimum Gasteiger partial charge on any atom is -0.315 e. The lowest BCUT2D eigenvalue weighted by Crippen LogP contribution is -2.43. The van der Waals surface area contributed by atoms with Gasteiger partial charge < -0.3 is 10.6 Å². The summed E-state index contributed by atoms with van der Waals surface area (Å²) < 4.78 is 12.8. The number of hydrogen-bond acceptors (Lipinski definition) is 2. The first-order valence-corrected chi connectivity index (χ1v) is 5.98. The molecule has 1 aliphatic heterocycles. The molecule has 2 N–H and O–H groups in total. The van der Waals surface area contributed by atoms with Crippen LogP contribution in [-0.2, 0) is 0 Å². The summed E-state index contributed by atoms with van der Waals surface area (Å²) in [6.07, 6.45) is 2.45. The predicted molar refractivity (Wildman–Crippen MR) is 63.8 cm³/mol. The molecule has 88 valence electrons. The van der Waals surface area contributed by atoms with Gasteiger partial charge in [0.1, 0.15) is 5.82 Å². The zero-order chi connectivity index (χ0) is 11.4. The normalized spacial score (nSPS) is 23.0. The molecule has 0 amide bonds. The van der Waals surface area contributed by atoms with Crippen LogP contribution >= 0.6 is 0 Å². The third-order valence-electron chi connectivity index (χ3n) is 3.15. The molecule has 1 heterocycles. The van der Waals surface area contributed by atoms with Crippen LogP contribution in [0.3, 0.4) is 0 Å². The van der Waals surface area contributed by atoms with Crippen LogP contribution in [0.25, 0.3) is 0 Å². The zero-order valence-electron chi connectivity index (χ0n) is 9.67. The maximum atomic E-state index is 12.8. The van der Waals surface area contributed by atoms with Crippen LogP contribution in [0.1, 0.15) is 31.4 Å². The number of hydrogen-bond donors (Lipinski definition) is 2. The molecule has 1 aliphatic rings. The van der Waals surface area contributed by atoms with Crippen molar-refractivity contribution in [2.75, 3.05) is 13.1 Å². The van der Waals surface area contributed by atoms with E-state index in [4.69, 9.17) is 0 Å². The van der Waals surface area contributed by atoms with Crippen molar-refractivity contribution >= 4 is 0 Å². The van der Waals surface area contributed by atoms with E-state index in [1.165, 1.54) is 25.0 Å². The second-order valence-corrected chi connectivity index (χ2v) is 4.48. The Labute approximate surface area is 96.2 Å². The van der Waals surface area contributed by atoms with Crippen LogP contribution < -0.4 is 10.6 Å². The van der Waals surface area contributed by atoms with E-state index < -0.39 is 0 Å². The standard InChI is InChI=1S/C13H19FN2/c1-10(11-4-6-12(14)7-5-11)16-13-3-2-8-15-9-13/h4-7,10,13,15-16H,2-3,8-9H2,1H3/t10-,13?/m1/s1. The van der Waals surface area contributed by atoms with Gasteiger partial charge in [-0.25, -0.2) is 4.39 Å². The molecule has 0 bridgehead atoms. The van der Waals surface area contributed by atoms with Gasteiger partial charge in [-0.2, -0.15) is 0 Å². The highest BCUT2D eigenvalue weighted by Gasteiger charge is 2.15. The maximum absolute atomic E-state index is 12.8. The van der Waals surface area contributed by atoms with E-state index >= 15 is 0 Å². The third kappa shape index (κ3) is 3.03. The molecule has 0 spiro atoms. The molecule has 2 nitrogen and oxygen atoms in total. The lowest BCUT2D eigenvalue weighted by atomic mass is 10.0. The monoisotopic (exact) mass is 222 g/mol. The molecule has 16 heavy (non-hydrogen) atoms. The predicted octanol–water partition coefficient (Wildman–Crippen LogP) is 2.23. The summed E-state index contributed by atoms with van der Waals surface area (Å²) >= 11 is 0. The molecule has 1 unspecified atom stereocenters. The number of benzene rings is 1. The number of piperidine rings is 1. The summed E-state index contributed by atoms with van der Waals surface area (Å²) in [7, 11) is 0. The van der Waals surface area contributed by atoms with E-state index in [1.54, 1.807) is 0 Å². The third-order valence-corrected chi connectivity index (χ3v) is 3.15. The van der Waals surface area contributed by atoms with Gasteiger partial charge in [-0.1, -0.05) is 12.1 Å². The summed E-state index contributed by atoms with van der Waals surface area (Å²) in [6, 6.07) is 7.56. The van der Waals surface area contributed by atoms with Crippen LogP contribution in [0.15, 0.2) is 24.3 Å². The molecular weight excluding hydrogens is 203 g/mol. The highest BCUT2D eigenvalue weighted by Crippen LogP contribution is 2.15. The first-order chi connectivity index (χ1) is 7.75. The Hall–Kier alpha value is -0.930. The molecule has 0 aliphatic carbocycles. The highest BCUT2D eigenvalue weighted by atomic mass is 19.1. The Morgan fingerprint density at radius 2 is 2.12 bits per heavy atom. The van der Waals surface area contributed by atoms with Gasteiger partial charge in [-0.15, -0.1) is 0 Å². The van der Waals surface area contributed by atoms with E-state index in [9.17, 15) is 4.39 Å². The topological polar surface area (TPSA) is 24.1 Å². The Balaban J connectivity index is 1.91. The molecule has 1 aromatic carbocycles. The van der Waals surface area contributed by atoms with E-state index in [1.807, 2.05) is 12.1 Å². The van der Waals surface area contributed by atoms with Crippen LogP contribution in [-0.4, -0.2) is 19.1 Å². The minimum absolute atomic E-state index is 0.171. The first kappa shape index (κ1) is 11.6. The largest absolute Gasteiger partial charge is 0.315 e. The SMILES string of the molecule is C[C@@H](NC1CCCNC1)c1ccc(F)cc1. The van der Waals surface area contributed by atoms with E-state index in [-0.39, 0.29) is 11.9 Å². The van der Waals surface area contributed by atoms with Crippen molar-refractivity contribution in [3.8, 4) is 0 Å². The van der Waals surface area contributed by atoms with Crippen molar-refractivity contribution in [1.29, 1.82) is 0 Å². The van der Waals surface area contributed by atoms with E-state index in [0.717, 1.165) is 18.7 Å². The average molecular weight is 222 g/mol. The van der Waals surface area contributed by atoms with Gasteiger partial charge in [0.05, 0.1) is 0 Å². The van der Waals surface area contributed by atoms with Gasteiger partial charge in [0.2, 0.25) is 0 Å². The van der Waals surface area contributed by atoms with Crippen molar-refractivity contribution in [3.05, 3.63) is 35.6 Å². The molecule has 1 aromatic rings. The summed E-state index contributed by atoms with van der Waals surface area (Å²) in [5.41, 5.74) is 1.15. The Bertz CT molecular complexity index is 317. The number of rotatable bonds is 3. The van der Waals surface area contributed by atoms with Crippen molar-refractivity contribution in [1.82, 2.24) is 10.6 Å².